The molecule has 0 N–H and O–H groups in total. The molecule has 0 aromatic rings. The van der Waals surface area contributed by atoms with Crippen LogP contribution in [0.25, 0.3) is 0 Å². The van der Waals surface area contributed by atoms with Gasteiger partial charge in [-0.25, -0.2) is 0 Å². The van der Waals surface area contributed by atoms with Crippen LogP contribution in [0.2, 0.25) is 0 Å². The lowest BCUT2D eigenvalue weighted by atomic mass is 9.92. The van der Waals surface area contributed by atoms with Gasteiger partial charge in [0.2, 0.25) is 0 Å². The summed E-state index contributed by atoms with van der Waals surface area (Å²) in [5, 5.41) is 0. The van der Waals surface area contributed by atoms with Crippen molar-refractivity contribution >= 4 is 11.8 Å². The van der Waals surface area contributed by atoms with E-state index in [9.17, 15) is 9.59 Å². The van der Waals surface area contributed by atoms with Crippen molar-refractivity contribution in [1.29, 1.82) is 0 Å². The SMILES string of the molecule is CCOCC(=O)C(C(=O)OC)C(C)C. The van der Waals surface area contributed by atoms with Gasteiger partial charge >= 0.3 is 5.97 Å². The van der Waals surface area contributed by atoms with E-state index in [0.29, 0.717) is 6.61 Å². The normalized spacial score (nSPS) is 12.6. The lowest BCUT2D eigenvalue weighted by molar-refractivity contribution is -0.152. The van der Waals surface area contributed by atoms with E-state index < -0.39 is 11.9 Å². The topological polar surface area (TPSA) is 52.6 Å². The van der Waals surface area contributed by atoms with E-state index in [1.165, 1.54) is 7.11 Å². The molecule has 0 aromatic heterocycles. The molecule has 0 amide bonds. The largest absolute Gasteiger partial charge is 0.468 e. The number of carbonyl (C=O) groups excluding carboxylic acids is 2. The molecule has 0 radical (unpaired) electrons. The van der Waals surface area contributed by atoms with Crippen LogP contribution in [0.1, 0.15) is 20.8 Å². The molecule has 0 fully saturated rings. The summed E-state index contributed by atoms with van der Waals surface area (Å²) in [6, 6.07) is 0. The molecule has 0 rings (SSSR count). The van der Waals surface area contributed by atoms with Crippen molar-refractivity contribution < 1.29 is 19.1 Å². The molecule has 1 unspecified atom stereocenters. The molecule has 0 aromatic carbocycles. The molecule has 1 atom stereocenters. The molecular formula is C10H18O4. The summed E-state index contributed by atoms with van der Waals surface area (Å²) >= 11 is 0. The highest BCUT2D eigenvalue weighted by Crippen LogP contribution is 2.14. The average Bonchev–Trinajstić information content (AvgIpc) is 2.14. The standard InChI is InChI=1S/C10H18O4/c1-5-14-6-8(11)9(7(2)3)10(12)13-4/h7,9H,5-6H2,1-4H3. The highest BCUT2D eigenvalue weighted by Gasteiger charge is 2.30. The first-order valence-corrected chi connectivity index (χ1v) is 4.72. The molecule has 14 heavy (non-hydrogen) atoms. The number of ether oxygens (including phenoxy) is 2. The predicted molar refractivity (Wildman–Crippen MR) is 51.8 cm³/mol. The number of hydrogen-bond acceptors (Lipinski definition) is 4. The van der Waals surface area contributed by atoms with Crippen LogP contribution in [0.3, 0.4) is 0 Å². The Balaban J connectivity index is 4.34. The number of ketones is 1. The van der Waals surface area contributed by atoms with E-state index in [4.69, 9.17) is 4.74 Å². The molecular weight excluding hydrogens is 184 g/mol. The second-order valence-electron chi connectivity index (χ2n) is 3.35. The van der Waals surface area contributed by atoms with Crippen LogP contribution < -0.4 is 0 Å². The molecule has 82 valence electrons. The number of Topliss-reactive ketones (excluding diaryl/α,β-unsaturated/α-hetero) is 1. The Morgan fingerprint density at radius 2 is 1.86 bits per heavy atom. The summed E-state index contributed by atoms with van der Waals surface area (Å²) < 4.78 is 9.52. The molecule has 0 spiro atoms. The molecule has 4 heteroatoms. The minimum absolute atomic E-state index is 0.0194. The van der Waals surface area contributed by atoms with Crippen molar-refractivity contribution in [3.63, 3.8) is 0 Å². The summed E-state index contributed by atoms with van der Waals surface area (Å²) in [7, 11) is 1.28. The maximum Gasteiger partial charge on any atom is 0.316 e. The lowest BCUT2D eigenvalue weighted by Gasteiger charge is -2.16. The van der Waals surface area contributed by atoms with E-state index in [1.807, 2.05) is 13.8 Å². The van der Waals surface area contributed by atoms with Gasteiger partial charge in [-0.3, -0.25) is 9.59 Å². The van der Waals surface area contributed by atoms with Gasteiger partial charge in [-0.05, 0) is 12.8 Å². The summed E-state index contributed by atoms with van der Waals surface area (Å²) in [5.74, 6) is -1.46. The molecule has 4 nitrogen and oxygen atoms in total. The Morgan fingerprint density at radius 1 is 1.29 bits per heavy atom. The van der Waals surface area contributed by atoms with Crippen molar-refractivity contribution in [2.45, 2.75) is 20.8 Å². The van der Waals surface area contributed by atoms with Crippen LogP contribution in [0.4, 0.5) is 0 Å². The van der Waals surface area contributed by atoms with Crippen LogP contribution >= 0.6 is 0 Å². The second-order valence-corrected chi connectivity index (χ2v) is 3.35. The minimum atomic E-state index is -0.702. The third kappa shape index (κ3) is 3.87. The molecule has 0 aliphatic heterocycles. The number of hydrogen-bond donors (Lipinski definition) is 0. The average molecular weight is 202 g/mol. The van der Waals surface area contributed by atoms with Crippen molar-refractivity contribution in [3.8, 4) is 0 Å². The van der Waals surface area contributed by atoms with Crippen LogP contribution in [0.15, 0.2) is 0 Å². The molecule has 0 saturated heterocycles. The third-order valence-corrected chi connectivity index (χ3v) is 1.92. The first-order chi connectivity index (χ1) is 6.54. The van der Waals surface area contributed by atoms with Gasteiger partial charge in [-0.1, -0.05) is 13.8 Å². The maximum absolute atomic E-state index is 11.5. The van der Waals surface area contributed by atoms with Gasteiger partial charge < -0.3 is 9.47 Å². The van der Waals surface area contributed by atoms with Crippen LogP contribution in [-0.4, -0.2) is 32.1 Å². The predicted octanol–water partition coefficient (Wildman–Crippen LogP) is 1.04. The van der Waals surface area contributed by atoms with E-state index in [0.717, 1.165) is 0 Å². The van der Waals surface area contributed by atoms with E-state index in [2.05, 4.69) is 4.74 Å². The van der Waals surface area contributed by atoms with Crippen LogP contribution in [0.5, 0.6) is 0 Å². The van der Waals surface area contributed by atoms with Gasteiger partial charge in [0.05, 0.1) is 7.11 Å². The van der Waals surface area contributed by atoms with Crippen molar-refractivity contribution in [3.05, 3.63) is 0 Å². The number of esters is 1. The van der Waals surface area contributed by atoms with Crippen molar-refractivity contribution in [2.75, 3.05) is 20.3 Å². The highest BCUT2D eigenvalue weighted by atomic mass is 16.5. The van der Waals surface area contributed by atoms with Gasteiger partial charge in [-0.2, -0.15) is 0 Å². The number of rotatable bonds is 6. The fourth-order valence-electron chi connectivity index (χ4n) is 1.19. The van der Waals surface area contributed by atoms with E-state index in [1.54, 1.807) is 6.92 Å². The summed E-state index contributed by atoms with van der Waals surface area (Å²) in [6.45, 7) is 5.87. The van der Waals surface area contributed by atoms with Crippen molar-refractivity contribution in [2.24, 2.45) is 11.8 Å². The maximum atomic E-state index is 11.5. The Kier molecular flexibility index (Phi) is 6.12. The Hall–Kier alpha value is -0.900. The zero-order chi connectivity index (χ0) is 11.1. The van der Waals surface area contributed by atoms with Gasteiger partial charge in [0.15, 0.2) is 5.78 Å². The van der Waals surface area contributed by atoms with Gasteiger partial charge in [0.1, 0.15) is 12.5 Å². The summed E-state index contributed by atoms with van der Waals surface area (Å²) in [6.07, 6.45) is 0. The second kappa shape index (κ2) is 6.54. The molecule has 0 aliphatic carbocycles. The summed E-state index contributed by atoms with van der Waals surface area (Å²) in [5.41, 5.74) is 0. The molecule has 0 saturated carbocycles. The minimum Gasteiger partial charge on any atom is -0.468 e. The fraction of sp³-hybridized carbons (Fsp3) is 0.800. The summed E-state index contributed by atoms with van der Waals surface area (Å²) in [4.78, 5) is 22.8. The third-order valence-electron chi connectivity index (χ3n) is 1.92. The Morgan fingerprint density at radius 3 is 2.21 bits per heavy atom. The Labute approximate surface area is 84.6 Å². The van der Waals surface area contributed by atoms with Gasteiger partial charge in [-0.15, -0.1) is 0 Å². The quantitative estimate of drug-likeness (QED) is 0.477. The smallest absolute Gasteiger partial charge is 0.316 e. The fourth-order valence-corrected chi connectivity index (χ4v) is 1.19. The Bertz CT molecular complexity index is 198. The van der Waals surface area contributed by atoms with Crippen LogP contribution in [-0.2, 0) is 19.1 Å². The first kappa shape index (κ1) is 13.1. The highest BCUT2D eigenvalue weighted by molar-refractivity contribution is 5.99. The van der Waals surface area contributed by atoms with E-state index >= 15 is 0 Å². The first-order valence-electron chi connectivity index (χ1n) is 4.72. The van der Waals surface area contributed by atoms with Gasteiger partial charge in [0.25, 0.3) is 0 Å². The lowest BCUT2D eigenvalue weighted by Crippen LogP contribution is -2.32. The number of methoxy groups -OCH3 is 1. The van der Waals surface area contributed by atoms with Crippen LogP contribution in [0, 0.1) is 11.8 Å². The molecule has 0 heterocycles. The van der Waals surface area contributed by atoms with E-state index in [-0.39, 0.29) is 18.3 Å². The molecule has 0 aliphatic rings. The van der Waals surface area contributed by atoms with Gasteiger partial charge in [0, 0.05) is 6.61 Å². The van der Waals surface area contributed by atoms with Crippen molar-refractivity contribution in [1.82, 2.24) is 0 Å². The molecule has 0 bridgehead atoms. The zero-order valence-corrected chi connectivity index (χ0v) is 9.20. The monoisotopic (exact) mass is 202 g/mol. The zero-order valence-electron chi connectivity index (χ0n) is 9.20. The number of carbonyl (C=O) groups is 2.